The number of hydrogen-bond donors (Lipinski definition) is 0. The van der Waals surface area contributed by atoms with Crippen LogP contribution in [0.1, 0.15) is 63.5 Å². The third-order valence-corrected chi connectivity index (χ3v) is 4.31. The van der Waals surface area contributed by atoms with Crippen LogP contribution in [0.4, 0.5) is 0 Å². The lowest BCUT2D eigenvalue weighted by Crippen LogP contribution is -2.37. The molecule has 1 saturated heterocycles. The number of piperidine rings is 1. The quantitative estimate of drug-likeness (QED) is 0.763. The summed E-state index contributed by atoms with van der Waals surface area (Å²) in [5.74, 6) is 1.42. The Bertz CT molecular complexity index is 373. The average molecular weight is 245 g/mol. The molecule has 1 heterocycles. The molecule has 0 amide bonds. The van der Waals surface area contributed by atoms with Crippen LogP contribution in [-0.2, 0) is 0 Å². The first-order valence-corrected chi connectivity index (χ1v) is 7.42. The highest BCUT2D eigenvalue weighted by Gasteiger charge is 2.22. The van der Waals surface area contributed by atoms with E-state index >= 15 is 0 Å². The van der Waals surface area contributed by atoms with Gasteiger partial charge in [-0.1, -0.05) is 38.1 Å². The standard InChI is InChI=1S/C17H27N/c1-13(2)16-6-5-7-17(12-16)15-8-10-18(11-9-15)14(3)4/h5-7,12-15H,8-11H2,1-4H3. The van der Waals surface area contributed by atoms with Crippen molar-refractivity contribution in [1.82, 2.24) is 4.90 Å². The van der Waals surface area contributed by atoms with Crippen LogP contribution < -0.4 is 0 Å². The van der Waals surface area contributed by atoms with Crippen molar-refractivity contribution >= 4 is 0 Å². The number of likely N-dealkylation sites (tertiary alicyclic amines) is 1. The van der Waals surface area contributed by atoms with Crippen molar-refractivity contribution in [3.63, 3.8) is 0 Å². The summed E-state index contributed by atoms with van der Waals surface area (Å²) in [7, 11) is 0. The van der Waals surface area contributed by atoms with Crippen LogP contribution in [-0.4, -0.2) is 24.0 Å². The SMILES string of the molecule is CC(C)c1cccc(C2CCN(C(C)C)CC2)c1. The molecule has 1 heteroatoms. The van der Waals surface area contributed by atoms with E-state index in [9.17, 15) is 0 Å². The lowest BCUT2D eigenvalue weighted by molar-refractivity contribution is 0.172. The number of nitrogens with zero attached hydrogens (tertiary/aromatic N) is 1. The molecule has 1 aliphatic rings. The normalized spacial score (nSPS) is 18.8. The molecule has 0 N–H and O–H groups in total. The molecule has 18 heavy (non-hydrogen) atoms. The van der Waals surface area contributed by atoms with Gasteiger partial charge in [-0.25, -0.2) is 0 Å². The number of hydrogen-bond acceptors (Lipinski definition) is 1. The van der Waals surface area contributed by atoms with Crippen molar-refractivity contribution in [2.45, 2.75) is 58.4 Å². The van der Waals surface area contributed by atoms with Crippen molar-refractivity contribution in [3.8, 4) is 0 Å². The predicted molar refractivity (Wildman–Crippen MR) is 79.2 cm³/mol. The van der Waals surface area contributed by atoms with Gasteiger partial charge in [0.05, 0.1) is 0 Å². The van der Waals surface area contributed by atoms with E-state index in [0.29, 0.717) is 12.0 Å². The van der Waals surface area contributed by atoms with Crippen LogP contribution in [0, 0.1) is 0 Å². The summed E-state index contributed by atoms with van der Waals surface area (Å²) in [6.07, 6.45) is 2.64. The molecule has 1 aliphatic heterocycles. The largest absolute Gasteiger partial charge is 0.301 e. The van der Waals surface area contributed by atoms with Crippen molar-refractivity contribution in [1.29, 1.82) is 0 Å². The molecule has 100 valence electrons. The summed E-state index contributed by atoms with van der Waals surface area (Å²) >= 11 is 0. The maximum atomic E-state index is 2.60. The van der Waals surface area contributed by atoms with Gasteiger partial charge in [0.1, 0.15) is 0 Å². The molecule has 1 aromatic rings. The van der Waals surface area contributed by atoms with Crippen LogP contribution in [0.3, 0.4) is 0 Å². The van der Waals surface area contributed by atoms with Gasteiger partial charge in [0, 0.05) is 6.04 Å². The van der Waals surface area contributed by atoms with E-state index in [1.54, 1.807) is 5.56 Å². The van der Waals surface area contributed by atoms with Crippen molar-refractivity contribution in [3.05, 3.63) is 35.4 Å². The molecule has 0 aromatic heterocycles. The first-order chi connectivity index (χ1) is 8.58. The van der Waals surface area contributed by atoms with Crippen LogP contribution in [0.2, 0.25) is 0 Å². The first-order valence-electron chi connectivity index (χ1n) is 7.42. The third kappa shape index (κ3) is 3.14. The summed E-state index contributed by atoms with van der Waals surface area (Å²) in [5, 5.41) is 0. The Morgan fingerprint density at radius 2 is 1.72 bits per heavy atom. The topological polar surface area (TPSA) is 3.24 Å². The second kappa shape index (κ2) is 5.88. The molecule has 1 nitrogen and oxygen atoms in total. The Hall–Kier alpha value is -0.820. The van der Waals surface area contributed by atoms with E-state index in [0.717, 1.165) is 5.92 Å². The second-order valence-electron chi connectivity index (χ2n) is 6.23. The van der Waals surface area contributed by atoms with Gasteiger partial charge in [-0.2, -0.15) is 0 Å². The molecule has 0 radical (unpaired) electrons. The van der Waals surface area contributed by atoms with Gasteiger partial charge in [0.25, 0.3) is 0 Å². The highest BCUT2D eigenvalue weighted by Crippen LogP contribution is 2.30. The van der Waals surface area contributed by atoms with Gasteiger partial charge in [0.15, 0.2) is 0 Å². The minimum atomic E-state index is 0.640. The molecule has 1 aromatic carbocycles. The van der Waals surface area contributed by atoms with Crippen molar-refractivity contribution < 1.29 is 0 Å². The summed E-state index contributed by atoms with van der Waals surface area (Å²) in [5.41, 5.74) is 3.04. The molecule has 0 unspecified atom stereocenters. The minimum Gasteiger partial charge on any atom is -0.301 e. The Labute approximate surface area is 112 Å². The first kappa shape index (κ1) is 13.6. The van der Waals surface area contributed by atoms with Crippen molar-refractivity contribution in [2.24, 2.45) is 0 Å². The molecule has 1 fully saturated rings. The maximum Gasteiger partial charge on any atom is 0.00385 e. The highest BCUT2D eigenvalue weighted by atomic mass is 15.1. The van der Waals surface area contributed by atoms with Gasteiger partial charge < -0.3 is 4.90 Å². The zero-order valence-corrected chi connectivity index (χ0v) is 12.3. The summed E-state index contributed by atoms with van der Waals surface area (Å²) in [6, 6.07) is 9.95. The Morgan fingerprint density at radius 1 is 1.06 bits per heavy atom. The molecule has 0 saturated carbocycles. The molecule has 0 atom stereocenters. The number of rotatable bonds is 3. The fourth-order valence-corrected chi connectivity index (χ4v) is 2.92. The van der Waals surface area contributed by atoms with Gasteiger partial charge >= 0.3 is 0 Å². The fourth-order valence-electron chi connectivity index (χ4n) is 2.92. The summed E-state index contributed by atoms with van der Waals surface area (Å²) in [6.45, 7) is 11.7. The molecular weight excluding hydrogens is 218 g/mol. The monoisotopic (exact) mass is 245 g/mol. The van der Waals surface area contributed by atoms with Gasteiger partial charge in [-0.3, -0.25) is 0 Å². The molecule has 2 rings (SSSR count). The second-order valence-corrected chi connectivity index (χ2v) is 6.23. The zero-order chi connectivity index (χ0) is 13.1. The van der Waals surface area contributed by atoms with E-state index in [1.807, 2.05) is 0 Å². The van der Waals surface area contributed by atoms with Crippen LogP contribution in [0.25, 0.3) is 0 Å². The third-order valence-electron chi connectivity index (χ3n) is 4.31. The molecule has 0 bridgehead atoms. The fraction of sp³-hybridized carbons (Fsp3) is 0.647. The van der Waals surface area contributed by atoms with E-state index in [1.165, 1.54) is 31.5 Å². The Balaban J connectivity index is 2.03. The van der Waals surface area contributed by atoms with Gasteiger partial charge in [-0.05, 0) is 62.7 Å². The Morgan fingerprint density at radius 3 is 2.28 bits per heavy atom. The lowest BCUT2D eigenvalue weighted by Gasteiger charge is -2.35. The van der Waals surface area contributed by atoms with Gasteiger partial charge in [0.2, 0.25) is 0 Å². The lowest BCUT2D eigenvalue weighted by atomic mass is 9.87. The van der Waals surface area contributed by atoms with Crippen LogP contribution in [0.5, 0.6) is 0 Å². The van der Waals surface area contributed by atoms with Crippen LogP contribution in [0.15, 0.2) is 24.3 Å². The molecule has 0 aliphatic carbocycles. The highest BCUT2D eigenvalue weighted by molar-refractivity contribution is 5.28. The summed E-state index contributed by atoms with van der Waals surface area (Å²) < 4.78 is 0. The van der Waals surface area contributed by atoms with Crippen molar-refractivity contribution in [2.75, 3.05) is 13.1 Å². The maximum absolute atomic E-state index is 2.60. The van der Waals surface area contributed by atoms with Gasteiger partial charge in [-0.15, -0.1) is 0 Å². The number of benzene rings is 1. The average Bonchev–Trinajstić information content (AvgIpc) is 2.39. The summed E-state index contributed by atoms with van der Waals surface area (Å²) in [4.78, 5) is 2.60. The van der Waals surface area contributed by atoms with E-state index in [4.69, 9.17) is 0 Å². The van der Waals surface area contributed by atoms with E-state index < -0.39 is 0 Å². The van der Waals surface area contributed by atoms with Crippen LogP contribution >= 0.6 is 0 Å². The Kier molecular flexibility index (Phi) is 4.45. The van der Waals surface area contributed by atoms with E-state index in [2.05, 4.69) is 56.9 Å². The van der Waals surface area contributed by atoms with E-state index in [-0.39, 0.29) is 0 Å². The zero-order valence-electron chi connectivity index (χ0n) is 12.3. The minimum absolute atomic E-state index is 0.640. The predicted octanol–water partition coefficient (Wildman–Crippen LogP) is 4.40. The molecule has 0 spiro atoms. The molecular formula is C17H27N. The smallest absolute Gasteiger partial charge is 0.00385 e.